The summed E-state index contributed by atoms with van der Waals surface area (Å²) in [5.74, 6) is -1.46. The molecule has 1 aromatic rings. The Bertz CT molecular complexity index is 566. The number of carboxylic acid groups (broad SMARTS) is 1. The quantitative estimate of drug-likeness (QED) is 0.837. The molecule has 1 aromatic heterocycles. The SMILES string of the molecule is CCOC(=O)c1cn(C(=O)O)nc1OCC(C)(C)C(F)(F)F. The maximum absolute atomic E-state index is 12.8. The summed E-state index contributed by atoms with van der Waals surface area (Å²) >= 11 is 0. The van der Waals surface area contributed by atoms with E-state index in [-0.39, 0.29) is 12.2 Å². The maximum atomic E-state index is 12.8. The maximum Gasteiger partial charge on any atom is 0.432 e. The molecule has 0 radical (unpaired) electrons. The van der Waals surface area contributed by atoms with E-state index in [4.69, 9.17) is 9.84 Å². The van der Waals surface area contributed by atoms with Crippen LogP contribution < -0.4 is 4.74 Å². The van der Waals surface area contributed by atoms with E-state index in [1.807, 2.05) is 0 Å². The number of aromatic nitrogens is 2. The van der Waals surface area contributed by atoms with Gasteiger partial charge in [-0.3, -0.25) is 0 Å². The molecular formula is C12H15F3N2O5. The highest BCUT2D eigenvalue weighted by molar-refractivity contribution is 5.92. The van der Waals surface area contributed by atoms with Crippen LogP contribution in [0.2, 0.25) is 0 Å². The summed E-state index contributed by atoms with van der Waals surface area (Å²) in [6.45, 7) is 2.51. The van der Waals surface area contributed by atoms with Gasteiger partial charge in [-0.15, -0.1) is 5.10 Å². The number of esters is 1. The average molecular weight is 324 g/mol. The number of hydrogen-bond acceptors (Lipinski definition) is 5. The van der Waals surface area contributed by atoms with Crippen molar-refractivity contribution in [1.82, 2.24) is 9.78 Å². The fourth-order valence-electron chi connectivity index (χ4n) is 1.24. The molecule has 124 valence electrons. The van der Waals surface area contributed by atoms with Gasteiger partial charge in [-0.1, -0.05) is 0 Å². The van der Waals surface area contributed by atoms with Crippen LogP contribution in [0, 0.1) is 5.41 Å². The molecular weight excluding hydrogens is 309 g/mol. The molecule has 0 bridgehead atoms. The van der Waals surface area contributed by atoms with Crippen LogP contribution in [0.25, 0.3) is 0 Å². The van der Waals surface area contributed by atoms with Crippen LogP contribution in [-0.2, 0) is 4.74 Å². The molecule has 1 N–H and O–H groups in total. The van der Waals surface area contributed by atoms with E-state index in [9.17, 15) is 22.8 Å². The zero-order valence-electron chi connectivity index (χ0n) is 12.1. The molecule has 0 unspecified atom stereocenters. The second-order valence-corrected chi connectivity index (χ2v) is 4.97. The van der Waals surface area contributed by atoms with Gasteiger partial charge in [-0.2, -0.15) is 17.9 Å². The Hall–Kier alpha value is -2.26. The van der Waals surface area contributed by atoms with Crippen LogP contribution in [0.1, 0.15) is 31.1 Å². The van der Waals surface area contributed by atoms with Crippen molar-refractivity contribution in [3.63, 3.8) is 0 Å². The molecule has 0 atom stereocenters. The summed E-state index contributed by atoms with van der Waals surface area (Å²) in [6, 6.07) is 0. The summed E-state index contributed by atoms with van der Waals surface area (Å²) in [5, 5.41) is 12.2. The van der Waals surface area contributed by atoms with E-state index in [0.717, 1.165) is 20.0 Å². The summed E-state index contributed by atoms with van der Waals surface area (Å²) in [5.41, 5.74) is -2.56. The largest absolute Gasteiger partial charge is 0.475 e. The minimum absolute atomic E-state index is 0.00453. The van der Waals surface area contributed by atoms with Gasteiger partial charge in [0.05, 0.1) is 18.2 Å². The third kappa shape index (κ3) is 3.89. The van der Waals surface area contributed by atoms with Gasteiger partial charge < -0.3 is 14.6 Å². The second kappa shape index (κ2) is 6.24. The van der Waals surface area contributed by atoms with Gasteiger partial charge >= 0.3 is 18.2 Å². The molecule has 0 fully saturated rings. The van der Waals surface area contributed by atoms with Gasteiger partial charge in [-0.05, 0) is 20.8 Å². The van der Waals surface area contributed by atoms with Gasteiger partial charge in [0.15, 0.2) is 0 Å². The van der Waals surface area contributed by atoms with Crippen LogP contribution in [0.3, 0.4) is 0 Å². The molecule has 0 aliphatic heterocycles. The van der Waals surface area contributed by atoms with Crippen molar-refractivity contribution in [2.24, 2.45) is 5.41 Å². The first-order valence-corrected chi connectivity index (χ1v) is 6.19. The summed E-state index contributed by atoms with van der Waals surface area (Å²) < 4.78 is 48.2. The molecule has 1 rings (SSSR count). The van der Waals surface area contributed by atoms with E-state index in [1.165, 1.54) is 6.92 Å². The summed E-state index contributed by atoms with van der Waals surface area (Å²) in [6.07, 6.45) is -5.24. The molecule has 0 spiro atoms. The Labute approximate surface area is 123 Å². The smallest absolute Gasteiger partial charge is 0.432 e. The number of hydrogen-bond donors (Lipinski definition) is 1. The molecule has 7 nitrogen and oxygen atoms in total. The predicted octanol–water partition coefficient (Wildman–Crippen LogP) is 2.55. The standard InChI is InChI=1S/C12H15F3N2O5/c1-4-21-9(18)7-5-17(10(19)20)16-8(7)22-6-11(2,3)12(13,14)15/h5H,4,6H2,1-3H3,(H,19,20). The van der Waals surface area contributed by atoms with Gasteiger partial charge in [0.2, 0.25) is 5.88 Å². The van der Waals surface area contributed by atoms with E-state index in [2.05, 4.69) is 9.84 Å². The molecule has 0 aliphatic rings. The molecule has 0 aromatic carbocycles. The van der Waals surface area contributed by atoms with Gasteiger partial charge in [0.25, 0.3) is 0 Å². The minimum atomic E-state index is -4.54. The zero-order valence-corrected chi connectivity index (χ0v) is 12.1. The van der Waals surface area contributed by atoms with Crippen LogP contribution >= 0.6 is 0 Å². The van der Waals surface area contributed by atoms with Crippen molar-refractivity contribution in [2.75, 3.05) is 13.2 Å². The number of rotatable bonds is 5. The molecule has 0 saturated carbocycles. The molecule has 0 amide bonds. The van der Waals surface area contributed by atoms with Gasteiger partial charge in [-0.25, -0.2) is 9.59 Å². The Morgan fingerprint density at radius 2 is 1.95 bits per heavy atom. The Kier molecular flexibility index (Phi) is 5.05. The first kappa shape index (κ1) is 17.8. The van der Waals surface area contributed by atoms with E-state index < -0.39 is 36.1 Å². The highest BCUT2D eigenvalue weighted by atomic mass is 19.4. The Morgan fingerprint density at radius 1 is 1.36 bits per heavy atom. The fourth-order valence-corrected chi connectivity index (χ4v) is 1.24. The van der Waals surface area contributed by atoms with Crippen molar-refractivity contribution >= 4 is 12.1 Å². The highest BCUT2D eigenvalue weighted by Crippen LogP contribution is 2.37. The molecule has 1 heterocycles. The normalized spacial score (nSPS) is 12.1. The topological polar surface area (TPSA) is 90.7 Å². The lowest BCUT2D eigenvalue weighted by Crippen LogP contribution is -2.37. The average Bonchev–Trinajstić information content (AvgIpc) is 2.79. The van der Waals surface area contributed by atoms with Crippen molar-refractivity contribution in [3.05, 3.63) is 11.8 Å². The minimum Gasteiger partial charge on any atom is -0.475 e. The van der Waals surface area contributed by atoms with Crippen LogP contribution in [0.5, 0.6) is 5.88 Å². The highest BCUT2D eigenvalue weighted by Gasteiger charge is 2.48. The van der Waals surface area contributed by atoms with Gasteiger partial charge in [0.1, 0.15) is 12.2 Å². The molecule has 10 heteroatoms. The van der Waals surface area contributed by atoms with Crippen molar-refractivity contribution < 1.29 is 37.3 Å². The molecule has 22 heavy (non-hydrogen) atoms. The third-order valence-electron chi connectivity index (χ3n) is 2.71. The monoisotopic (exact) mass is 324 g/mol. The molecule has 0 saturated heterocycles. The van der Waals surface area contributed by atoms with Crippen molar-refractivity contribution in [1.29, 1.82) is 0 Å². The lowest BCUT2D eigenvalue weighted by molar-refractivity contribution is -0.219. The summed E-state index contributed by atoms with van der Waals surface area (Å²) in [4.78, 5) is 22.5. The van der Waals surface area contributed by atoms with E-state index >= 15 is 0 Å². The number of nitrogens with zero attached hydrogens (tertiary/aromatic N) is 2. The number of carbonyl (C=O) groups is 2. The Morgan fingerprint density at radius 3 is 2.41 bits per heavy atom. The zero-order chi connectivity index (χ0) is 17.1. The van der Waals surface area contributed by atoms with E-state index in [0.29, 0.717) is 4.68 Å². The van der Waals surface area contributed by atoms with Crippen LogP contribution in [0.4, 0.5) is 18.0 Å². The molecule has 0 aliphatic carbocycles. The van der Waals surface area contributed by atoms with E-state index in [1.54, 1.807) is 0 Å². The lowest BCUT2D eigenvalue weighted by Gasteiger charge is -2.26. The number of ether oxygens (including phenoxy) is 2. The van der Waals surface area contributed by atoms with Gasteiger partial charge in [0, 0.05) is 0 Å². The number of carbonyl (C=O) groups excluding carboxylic acids is 1. The lowest BCUT2D eigenvalue weighted by atomic mass is 9.94. The Balaban J connectivity index is 3.03. The summed E-state index contributed by atoms with van der Waals surface area (Å²) in [7, 11) is 0. The van der Waals surface area contributed by atoms with Crippen LogP contribution in [-0.4, -0.2) is 46.3 Å². The number of halogens is 3. The first-order valence-electron chi connectivity index (χ1n) is 6.19. The third-order valence-corrected chi connectivity index (χ3v) is 2.71. The first-order chi connectivity index (χ1) is 9.99. The van der Waals surface area contributed by atoms with Crippen molar-refractivity contribution in [2.45, 2.75) is 26.9 Å². The van der Waals surface area contributed by atoms with Crippen molar-refractivity contribution in [3.8, 4) is 5.88 Å². The predicted molar refractivity (Wildman–Crippen MR) is 66.9 cm³/mol. The second-order valence-electron chi connectivity index (χ2n) is 4.97. The number of alkyl halides is 3. The van der Waals surface area contributed by atoms with Crippen LogP contribution in [0.15, 0.2) is 6.20 Å². The fraction of sp³-hybridized carbons (Fsp3) is 0.583.